The molecule has 0 aliphatic rings. The van der Waals surface area contributed by atoms with Crippen LogP contribution in [0.2, 0.25) is 0 Å². The summed E-state index contributed by atoms with van der Waals surface area (Å²) in [6, 6.07) is 6.08. The molecule has 0 radical (unpaired) electrons. The Morgan fingerprint density at radius 2 is 2.11 bits per heavy atom. The third-order valence-corrected chi connectivity index (χ3v) is 2.49. The van der Waals surface area contributed by atoms with Crippen LogP contribution in [0, 0.1) is 5.82 Å². The molecule has 0 spiro atoms. The molecular formula is C12H9FN4O. The number of nitrogens with zero attached hydrogens (tertiary/aromatic N) is 3. The monoisotopic (exact) mass is 244 g/mol. The van der Waals surface area contributed by atoms with Crippen molar-refractivity contribution in [1.82, 2.24) is 14.6 Å². The molecule has 0 amide bonds. The Labute approximate surface area is 102 Å². The van der Waals surface area contributed by atoms with Crippen LogP contribution in [0.1, 0.15) is 0 Å². The van der Waals surface area contributed by atoms with Crippen LogP contribution in [-0.4, -0.2) is 14.6 Å². The van der Waals surface area contributed by atoms with Crippen molar-refractivity contribution in [2.75, 3.05) is 5.73 Å². The zero-order valence-electron chi connectivity index (χ0n) is 9.25. The van der Waals surface area contributed by atoms with Crippen LogP contribution in [0.15, 0.2) is 42.9 Å². The summed E-state index contributed by atoms with van der Waals surface area (Å²) in [6.45, 7) is 0. The Bertz CT molecular complexity index is 690. The summed E-state index contributed by atoms with van der Waals surface area (Å²) in [5.74, 6) is -0.301. The number of hydrogen-bond donors (Lipinski definition) is 1. The molecule has 3 rings (SSSR count). The lowest BCUT2D eigenvalue weighted by molar-refractivity contribution is 0.432. The summed E-state index contributed by atoms with van der Waals surface area (Å²) in [7, 11) is 0. The fourth-order valence-electron chi connectivity index (χ4n) is 1.64. The molecule has 0 aliphatic heterocycles. The number of hydrogen-bond acceptors (Lipinski definition) is 4. The van der Waals surface area contributed by atoms with E-state index in [0.29, 0.717) is 5.52 Å². The number of rotatable bonds is 2. The molecule has 6 heteroatoms. The van der Waals surface area contributed by atoms with Gasteiger partial charge in [-0.15, -0.1) is 0 Å². The van der Waals surface area contributed by atoms with Crippen molar-refractivity contribution in [3.05, 3.63) is 48.7 Å². The third-order valence-electron chi connectivity index (χ3n) is 2.49. The van der Waals surface area contributed by atoms with E-state index in [2.05, 4.69) is 10.1 Å². The van der Waals surface area contributed by atoms with Crippen molar-refractivity contribution in [3.63, 3.8) is 0 Å². The van der Waals surface area contributed by atoms with E-state index in [0.717, 1.165) is 0 Å². The summed E-state index contributed by atoms with van der Waals surface area (Å²) >= 11 is 0. The lowest BCUT2D eigenvalue weighted by Crippen LogP contribution is -1.98. The Morgan fingerprint density at radius 1 is 1.22 bits per heavy atom. The highest BCUT2D eigenvalue weighted by Crippen LogP contribution is 2.30. The molecule has 1 aromatic carbocycles. The van der Waals surface area contributed by atoms with Gasteiger partial charge in [0.15, 0.2) is 11.6 Å². The molecule has 3 aromatic rings. The maximum atomic E-state index is 13.6. The first kappa shape index (κ1) is 10.5. The number of halogens is 1. The molecule has 0 fully saturated rings. The number of aromatic nitrogens is 3. The molecule has 0 saturated carbocycles. The van der Waals surface area contributed by atoms with Gasteiger partial charge in [-0.1, -0.05) is 6.07 Å². The topological polar surface area (TPSA) is 65.4 Å². The van der Waals surface area contributed by atoms with Gasteiger partial charge in [0.05, 0.1) is 11.9 Å². The molecule has 2 heterocycles. The van der Waals surface area contributed by atoms with Crippen LogP contribution in [0.3, 0.4) is 0 Å². The summed E-state index contributed by atoms with van der Waals surface area (Å²) in [4.78, 5) is 4.05. The SMILES string of the molecule is Nc1cccc(F)c1Oc1nccn2nccc12. The lowest BCUT2D eigenvalue weighted by Gasteiger charge is -2.08. The zero-order valence-corrected chi connectivity index (χ0v) is 9.25. The molecule has 18 heavy (non-hydrogen) atoms. The highest BCUT2D eigenvalue weighted by atomic mass is 19.1. The van der Waals surface area contributed by atoms with Crippen LogP contribution in [0.4, 0.5) is 10.1 Å². The molecule has 90 valence electrons. The molecule has 2 N–H and O–H groups in total. The number of ether oxygens (including phenoxy) is 1. The van der Waals surface area contributed by atoms with E-state index in [9.17, 15) is 4.39 Å². The molecule has 0 unspecified atom stereocenters. The van der Waals surface area contributed by atoms with Crippen molar-refractivity contribution in [2.45, 2.75) is 0 Å². The van der Waals surface area contributed by atoms with Crippen LogP contribution < -0.4 is 10.5 Å². The number of nitrogen functional groups attached to an aromatic ring is 1. The van der Waals surface area contributed by atoms with Crippen LogP contribution in [-0.2, 0) is 0 Å². The van der Waals surface area contributed by atoms with E-state index >= 15 is 0 Å². The Morgan fingerprint density at radius 3 is 2.94 bits per heavy atom. The van der Waals surface area contributed by atoms with Crippen molar-refractivity contribution >= 4 is 11.2 Å². The van der Waals surface area contributed by atoms with Crippen LogP contribution >= 0.6 is 0 Å². The normalized spacial score (nSPS) is 10.7. The van der Waals surface area contributed by atoms with E-state index in [1.807, 2.05) is 0 Å². The highest BCUT2D eigenvalue weighted by Gasteiger charge is 2.12. The minimum atomic E-state index is -0.529. The van der Waals surface area contributed by atoms with Gasteiger partial charge in [0.25, 0.3) is 0 Å². The van der Waals surface area contributed by atoms with Crippen molar-refractivity contribution in [1.29, 1.82) is 0 Å². The van der Waals surface area contributed by atoms with Gasteiger partial charge in [-0.3, -0.25) is 0 Å². The number of para-hydroxylation sites is 1. The predicted molar refractivity (Wildman–Crippen MR) is 63.9 cm³/mol. The molecule has 0 atom stereocenters. The number of fused-ring (bicyclic) bond motifs is 1. The second-order valence-corrected chi connectivity index (χ2v) is 3.65. The minimum Gasteiger partial charge on any atom is -0.432 e. The maximum Gasteiger partial charge on any atom is 0.245 e. The standard InChI is InChI=1S/C12H9FN4O/c13-8-2-1-3-9(14)11(8)18-12-10-4-5-16-17(10)7-6-15-12/h1-7H,14H2. The maximum absolute atomic E-state index is 13.6. The average molecular weight is 244 g/mol. The van der Waals surface area contributed by atoms with Crippen LogP contribution in [0.25, 0.3) is 5.52 Å². The van der Waals surface area contributed by atoms with Gasteiger partial charge < -0.3 is 10.5 Å². The quantitative estimate of drug-likeness (QED) is 0.702. The van der Waals surface area contributed by atoms with E-state index in [4.69, 9.17) is 10.5 Å². The van der Waals surface area contributed by atoms with E-state index < -0.39 is 5.82 Å². The highest BCUT2D eigenvalue weighted by molar-refractivity contribution is 5.60. The fraction of sp³-hybridized carbons (Fsp3) is 0. The first-order chi connectivity index (χ1) is 8.75. The summed E-state index contributed by atoms with van der Waals surface area (Å²) in [5.41, 5.74) is 6.53. The molecule has 0 bridgehead atoms. The molecule has 2 aromatic heterocycles. The Kier molecular flexibility index (Phi) is 2.33. The second kappa shape index (κ2) is 3.99. The van der Waals surface area contributed by atoms with Crippen molar-refractivity contribution < 1.29 is 9.13 Å². The Hall–Kier alpha value is -2.63. The number of nitrogens with two attached hydrogens (primary N) is 1. The molecule has 0 aliphatic carbocycles. The fourth-order valence-corrected chi connectivity index (χ4v) is 1.64. The lowest BCUT2D eigenvalue weighted by atomic mass is 10.3. The second-order valence-electron chi connectivity index (χ2n) is 3.65. The zero-order chi connectivity index (χ0) is 12.5. The van der Waals surface area contributed by atoms with E-state index in [1.165, 1.54) is 18.3 Å². The summed E-state index contributed by atoms with van der Waals surface area (Å²) in [6.07, 6.45) is 4.80. The number of benzene rings is 1. The van der Waals surface area contributed by atoms with Gasteiger partial charge in [0.1, 0.15) is 5.52 Å². The minimum absolute atomic E-state index is 0.0284. The van der Waals surface area contributed by atoms with E-state index in [-0.39, 0.29) is 17.3 Å². The van der Waals surface area contributed by atoms with Crippen LogP contribution in [0.5, 0.6) is 11.6 Å². The Balaban J connectivity index is 2.09. The van der Waals surface area contributed by atoms with Crippen molar-refractivity contribution in [2.24, 2.45) is 0 Å². The summed E-state index contributed by atoms with van der Waals surface area (Å²) in [5, 5.41) is 4.04. The summed E-state index contributed by atoms with van der Waals surface area (Å²) < 4.78 is 20.6. The molecular weight excluding hydrogens is 235 g/mol. The van der Waals surface area contributed by atoms with Crippen molar-refractivity contribution in [3.8, 4) is 11.6 Å². The molecule has 0 saturated heterocycles. The third kappa shape index (κ3) is 1.64. The smallest absolute Gasteiger partial charge is 0.245 e. The number of anilines is 1. The average Bonchev–Trinajstić information content (AvgIpc) is 2.83. The van der Waals surface area contributed by atoms with Gasteiger partial charge in [-0.05, 0) is 18.2 Å². The van der Waals surface area contributed by atoms with Gasteiger partial charge >= 0.3 is 0 Å². The largest absolute Gasteiger partial charge is 0.432 e. The predicted octanol–water partition coefficient (Wildman–Crippen LogP) is 2.24. The molecule has 5 nitrogen and oxygen atoms in total. The van der Waals surface area contributed by atoms with Gasteiger partial charge in [0.2, 0.25) is 5.88 Å². The van der Waals surface area contributed by atoms with E-state index in [1.54, 1.807) is 29.0 Å². The first-order valence-electron chi connectivity index (χ1n) is 5.26. The van der Waals surface area contributed by atoms with Gasteiger partial charge in [0, 0.05) is 12.4 Å². The van der Waals surface area contributed by atoms with Gasteiger partial charge in [-0.2, -0.15) is 5.10 Å². The van der Waals surface area contributed by atoms with Gasteiger partial charge in [-0.25, -0.2) is 13.9 Å². The first-order valence-corrected chi connectivity index (χ1v) is 5.26.